The van der Waals surface area contributed by atoms with Gasteiger partial charge in [0.25, 0.3) is 0 Å². The SMILES string of the molecule is NC(=O)CC1CCN(Cc2cc(C(=O)O)no2)CC1. The molecule has 0 aromatic carbocycles. The van der Waals surface area contributed by atoms with Crippen molar-refractivity contribution in [2.24, 2.45) is 11.7 Å². The molecule has 7 nitrogen and oxygen atoms in total. The molecule has 1 aromatic heterocycles. The number of primary amides is 1. The second kappa shape index (κ2) is 5.83. The fourth-order valence-electron chi connectivity index (χ4n) is 2.34. The van der Waals surface area contributed by atoms with Crippen LogP contribution in [-0.4, -0.2) is 40.1 Å². The highest BCUT2D eigenvalue weighted by Gasteiger charge is 2.22. The molecular formula is C12H17N3O4. The van der Waals surface area contributed by atoms with E-state index < -0.39 is 5.97 Å². The summed E-state index contributed by atoms with van der Waals surface area (Å²) in [5.41, 5.74) is 5.11. The zero-order valence-electron chi connectivity index (χ0n) is 10.5. The number of piperidine rings is 1. The van der Waals surface area contributed by atoms with Crippen LogP contribution in [0.5, 0.6) is 0 Å². The van der Waals surface area contributed by atoms with Crippen molar-refractivity contribution in [3.05, 3.63) is 17.5 Å². The number of carboxylic acid groups (broad SMARTS) is 1. The number of carbonyl (C=O) groups is 2. The lowest BCUT2D eigenvalue weighted by molar-refractivity contribution is -0.119. The van der Waals surface area contributed by atoms with Crippen LogP contribution in [-0.2, 0) is 11.3 Å². The van der Waals surface area contributed by atoms with Crippen molar-refractivity contribution < 1.29 is 19.2 Å². The molecule has 104 valence electrons. The van der Waals surface area contributed by atoms with Gasteiger partial charge in [-0.3, -0.25) is 9.69 Å². The molecule has 3 N–H and O–H groups in total. The molecule has 2 rings (SSSR count). The number of carbonyl (C=O) groups excluding carboxylic acids is 1. The van der Waals surface area contributed by atoms with Crippen LogP contribution in [0.2, 0.25) is 0 Å². The molecule has 0 aliphatic carbocycles. The van der Waals surface area contributed by atoms with Gasteiger partial charge in [0.05, 0.1) is 6.54 Å². The normalized spacial score (nSPS) is 17.5. The van der Waals surface area contributed by atoms with Crippen LogP contribution >= 0.6 is 0 Å². The largest absolute Gasteiger partial charge is 0.476 e. The van der Waals surface area contributed by atoms with E-state index in [0.29, 0.717) is 24.6 Å². The first-order valence-corrected chi connectivity index (χ1v) is 6.24. The van der Waals surface area contributed by atoms with E-state index in [0.717, 1.165) is 25.9 Å². The van der Waals surface area contributed by atoms with Gasteiger partial charge in [0, 0.05) is 12.5 Å². The molecule has 2 heterocycles. The predicted octanol–water partition coefficient (Wildman–Crippen LogP) is 0.460. The minimum Gasteiger partial charge on any atom is -0.476 e. The van der Waals surface area contributed by atoms with E-state index in [4.69, 9.17) is 15.4 Å². The van der Waals surface area contributed by atoms with Crippen LogP contribution in [0, 0.1) is 5.92 Å². The maximum Gasteiger partial charge on any atom is 0.358 e. The number of hydrogen-bond acceptors (Lipinski definition) is 5. The summed E-state index contributed by atoms with van der Waals surface area (Å²) >= 11 is 0. The Balaban J connectivity index is 1.81. The highest BCUT2D eigenvalue weighted by Crippen LogP contribution is 2.21. The number of aromatic nitrogens is 1. The summed E-state index contributed by atoms with van der Waals surface area (Å²) in [5.74, 6) is -0.432. The van der Waals surface area contributed by atoms with Crippen LogP contribution in [0.1, 0.15) is 35.5 Å². The van der Waals surface area contributed by atoms with E-state index in [-0.39, 0.29) is 11.6 Å². The summed E-state index contributed by atoms with van der Waals surface area (Å²) in [6, 6.07) is 1.44. The smallest absolute Gasteiger partial charge is 0.358 e. The summed E-state index contributed by atoms with van der Waals surface area (Å²) in [6.07, 6.45) is 2.28. The van der Waals surface area contributed by atoms with E-state index >= 15 is 0 Å². The second-order valence-electron chi connectivity index (χ2n) is 4.87. The van der Waals surface area contributed by atoms with Gasteiger partial charge in [0.2, 0.25) is 5.91 Å². The number of rotatable bonds is 5. The van der Waals surface area contributed by atoms with Crippen molar-refractivity contribution in [3.63, 3.8) is 0 Å². The Labute approximate surface area is 110 Å². The van der Waals surface area contributed by atoms with Crippen LogP contribution in [0.4, 0.5) is 0 Å². The van der Waals surface area contributed by atoms with Gasteiger partial charge in [-0.15, -0.1) is 0 Å². The molecule has 1 saturated heterocycles. The van der Waals surface area contributed by atoms with E-state index in [1.165, 1.54) is 6.07 Å². The first-order valence-electron chi connectivity index (χ1n) is 6.24. The van der Waals surface area contributed by atoms with Crippen molar-refractivity contribution in [3.8, 4) is 0 Å². The summed E-state index contributed by atoms with van der Waals surface area (Å²) in [5, 5.41) is 12.2. The van der Waals surface area contributed by atoms with Crippen LogP contribution < -0.4 is 5.73 Å². The van der Waals surface area contributed by atoms with Gasteiger partial charge >= 0.3 is 5.97 Å². The van der Waals surface area contributed by atoms with Crippen molar-refractivity contribution in [2.75, 3.05) is 13.1 Å². The Kier molecular flexibility index (Phi) is 4.16. The highest BCUT2D eigenvalue weighted by atomic mass is 16.5. The minimum absolute atomic E-state index is 0.0707. The Bertz CT molecular complexity index is 463. The molecule has 7 heteroatoms. The second-order valence-corrected chi connectivity index (χ2v) is 4.87. The Morgan fingerprint density at radius 2 is 2.16 bits per heavy atom. The molecule has 0 unspecified atom stereocenters. The van der Waals surface area contributed by atoms with Gasteiger partial charge in [-0.1, -0.05) is 5.16 Å². The van der Waals surface area contributed by atoms with Crippen molar-refractivity contribution in [1.29, 1.82) is 0 Å². The maximum atomic E-state index is 10.8. The lowest BCUT2D eigenvalue weighted by Gasteiger charge is -2.30. The Hall–Kier alpha value is -1.89. The number of hydrogen-bond donors (Lipinski definition) is 2. The molecule has 0 spiro atoms. The third-order valence-corrected chi connectivity index (χ3v) is 3.35. The number of carboxylic acids is 1. The highest BCUT2D eigenvalue weighted by molar-refractivity contribution is 5.85. The van der Waals surface area contributed by atoms with Crippen LogP contribution in [0.3, 0.4) is 0 Å². The standard InChI is InChI=1S/C12H17N3O4/c13-11(16)5-8-1-3-15(4-2-8)7-9-6-10(12(17)18)14-19-9/h6,8H,1-5,7H2,(H2,13,16)(H,17,18). The third-order valence-electron chi connectivity index (χ3n) is 3.35. The molecule has 0 atom stereocenters. The number of amides is 1. The lowest BCUT2D eigenvalue weighted by Crippen LogP contribution is -2.34. The molecule has 1 aliphatic rings. The van der Waals surface area contributed by atoms with Gasteiger partial charge in [-0.25, -0.2) is 4.79 Å². The molecular weight excluding hydrogens is 250 g/mol. The van der Waals surface area contributed by atoms with Crippen LogP contribution in [0.25, 0.3) is 0 Å². The number of nitrogens with two attached hydrogens (primary N) is 1. The van der Waals surface area contributed by atoms with Crippen molar-refractivity contribution >= 4 is 11.9 Å². The molecule has 0 bridgehead atoms. The average molecular weight is 267 g/mol. The van der Waals surface area contributed by atoms with Crippen molar-refractivity contribution in [1.82, 2.24) is 10.1 Å². The quantitative estimate of drug-likeness (QED) is 0.802. The molecule has 0 radical (unpaired) electrons. The molecule has 1 aliphatic heterocycles. The van der Waals surface area contributed by atoms with Gasteiger partial charge in [0.15, 0.2) is 11.5 Å². The molecule has 19 heavy (non-hydrogen) atoms. The Morgan fingerprint density at radius 3 is 2.68 bits per heavy atom. The first kappa shape index (κ1) is 13.5. The Morgan fingerprint density at radius 1 is 1.47 bits per heavy atom. The predicted molar refractivity (Wildman–Crippen MR) is 65.3 cm³/mol. The average Bonchev–Trinajstić information content (AvgIpc) is 2.80. The fourth-order valence-corrected chi connectivity index (χ4v) is 2.34. The monoisotopic (exact) mass is 267 g/mol. The lowest BCUT2D eigenvalue weighted by atomic mass is 9.93. The maximum absolute atomic E-state index is 10.8. The summed E-state index contributed by atoms with van der Waals surface area (Å²) in [4.78, 5) is 23.7. The van der Waals surface area contributed by atoms with E-state index in [2.05, 4.69) is 10.1 Å². The van der Waals surface area contributed by atoms with Gasteiger partial charge in [-0.2, -0.15) is 0 Å². The number of likely N-dealkylation sites (tertiary alicyclic amines) is 1. The van der Waals surface area contributed by atoms with E-state index in [1.54, 1.807) is 0 Å². The first-order chi connectivity index (χ1) is 9.04. The van der Waals surface area contributed by atoms with Crippen LogP contribution in [0.15, 0.2) is 10.6 Å². The number of nitrogens with zero attached hydrogens (tertiary/aromatic N) is 2. The van der Waals surface area contributed by atoms with Gasteiger partial charge in [0.1, 0.15) is 0 Å². The summed E-state index contributed by atoms with van der Waals surface area (Å²) in [6.45, 7) is 2.24. The zero-order valence-corrected chi connectivity index (χ0v) is 10.5. The van der Waals surface area contributed by atoms with E-state index in [1.807, 2.05) is 0 Å². The number of aromatic carboxylic acids is 1. The summed E-state index contributed by atoms with van der Waals surface area (Å²) in [7, 11) is 0. The summed E-state index contributed by atoms with van der Waals surface area (Å²) < 4.78 is 4.97. The molecule has 0 saturated carbocycles. The molecule has 1 fully saturated rings. The van der Waals surface area contributed by atoms with Gasteiger partial charge in [-0.05, 0) is 31.8 Å². The third kappa shape index (κ3) is 3.78. The molecule has 1 aromatic rings. The van der Waals surface area contributed by atoms with E-state index in [9.17, 15) is 9.59 Å². The zero-order chi connectivity index (χ0) is 13.8. The topological polar surface area (TPSA) is 110 Å². The van der Waals surface area contributed by atoms with Crippen molar-refractivity contribution in [2.45, 2.75) is 25.8 Å². The van der Waals surface area contributed by atoms with Gasteiger partial charge < -0.3 is 15.4 Å². The molecule has 1 amide bonds. The fraction of sp³-hybridized carbons (Fsp3) is 0.583. The minimum atomic E-state index is -1.09.